The number of benzene rings is 10. The van der Waals surface area contributed by atoms with Gasteiger partial charge in [0, 0.05) is 49.6 Å². The predicted molar refractivity (Wildman–Crippen MR) is 257 cm³/mol. The van der Waals surface area contributed by atoms with E-state index in [1.807, 2.05) is 12.1 Å². The van der Waals surface area contributed by atoms with E-state index in [9.17, 15) is 0 Å². The van der Waals surface area contributed by atoms with E-state index >= 15 is 0 Å². The molecule has 0 saturated carbocycles. The highest BCUT2D eigenvalue weighted by Gasteiger charge is 2.21. The topological polar surface area (TPSA) is 21.3 Å². The van der Waals surface area contributed by atoms with Crippen LogP contribution in [-0.2, 0) is 0 Å². The van der Waals surface area contributed by atoms with E-state index in [0.29, 0.717) is 0 Å². The normalized spacial score (nSPS) is 11.6. The van der Waals surface area contributed by atoms with Crippen molar-refractivity contribution in [2.24, 2.45) is 0 Å². The van der Waals surface area contributed by atoms with Gasteiger partial charge in [0.1, 0.15) is 11.2 Å². The van der Waals surface area contributed by atoms with Crippen LogP contribution in [0.25, 0.3) is 93.6 Å². The SMILES string of the molecule is c1cc(-c2ccccc2-n2c3ccccc3c3ccccc32)cc(N(c2cccc(-c3cccc4c3oc3ccccc34)c2)c2ccccc2-c2ccc3ccccc3c2)c1. The molecule has 12 aromatic rings. The van der Waals surface area contributed by atoms with Gasteiger partial charge in [0.2, 0.25) is 0 Å². The van der Waals surface area contributed by atoms with Crippen LogP contribution in [0.5, 0.6) is 0 Å². The van der Waals surface area contributed by atoms with Gasteiger partial charge < -0.3 is 13.9 Å². The zero-order valence-corrected chi connectivity index (χ0v) is 33.2. The minimum absolute atomic E-state index is 0.894. The number of rotatable bonds is 7. The summed E-state index contributed by atoms with van der Waals surface area (Å²) < 4.78 is 8.98. The van der Waals surface area contributed by atoms with E-state index in [-0.39, 0.29) is 0 Å². The highest BCUT2D eigenvalue weighted by molar-refractivity contribution is 6.11. The van der Waals surface area contributed by atoms with E-state index in [1.165, 1.54) is 32.6 Å². The summed E-state index contributed by atoms with van der Waals surface area (Å²) in [6.45, 7) is 0. The number of nitrogens with zero attached hydrogens (tertiary/aromatic N) is 2. The molecule has 0 atom stereocenters. The lowest BCUT2D eigenvalue weighted by Gasteiger charge is -2.29. The first kappa shape index (κ1) is 34.9. The van der Waals surface area contributed by atoms with E-state index in [2.05, 4.69) is 228 Å². The summed E-state index contributed by atoms with van der Waals surface area (Å²) in [6.07, 6.45) is 0. The third-order valence-electron chi connectivity index (χ3n) is 12.2. The van der Waals surface area contributed by atoms with Gasteiger partial charge >= 0.3 is 0 Å². The highest BCUT2D eigenvalue weighted by Crippen LogP contribution is 2.45. The maximum Gasteiger partial charge on any atom is 0.143 e. The monoisotopic (exact) mass is 778 g/mol. The van der Waals surface area contributed by atoms with E-state index in [0.717, 1.165) is 78.1 Å². The van der Waals surface area contributed by atoms with Crippen molar-refractivity contribution < 1.29 is 4.42 Å². The Labute approximate surface area is 353 Å². The fourth-order valence-electron chi connectivity index (χ4n) is 9.39. The van der Waals surface area contributed by atoms with Crippen LogP contribution in [0, 0.1) is 0 Å². The van der Waals surface area contributed by atoms with Crippen molar-refractivity contribution in [1.29, 1.82) is 0 Å². The number of fused-ring (bicyclic) bond motifs is 7. The maximum atomic E-state index is 6.56. The number of anilines is 3. The van der Waals surface area contributed by atoms with Crippen LogP contribution in [0.2, 0.25) is 0 Å². The Bertz CT molecular complexity index is 3570. The Hall–Kier alpha value is -8.14. The minimum Gasteiger partial charge on any atom is -0.455 e. The third kappa shape index (κ3) is 5.82. The quantitative estimate of drug-likeness (QED) is 0.161. The van der Waals surface area contributed by atoms with Crippen molar-refractivity contribution in [1.82, 2.24) is 4.57 Å². The zero-order chi connectivity index (χ0) is 40.3. The van der Waals surface area contributed by atoms with Crippen LogP contribution < -0.4 is 4.90 Å². The predicted octanol–water partition coefficient (Wildman–Crippen LogP) is 16.3. The van der Waals surface area contributed by atoms with Gasteiger partial charge in [-0.25, -0.2) is 0 Å². The fraction of sp³-hybridized carbons (Fsp3) is 0. The van der Waals surface area contributed by atoms with Gasteiger partial charge in [-0.15, -0.1) is 0 Å². The number of para-hydroxylation sites is 6. The van der Waals surface area contributed by atoms with Crippen LogP contribution in [0.3, 0.4) is 0 Å². The second-order valence-electron chi connectivity index (χ2n) is 15.7. The maximum absolute atomic E-state index is 6.56. The third-order valence-corrected chi connectivity index (χ3v) is 12.2. The Morgan fingerprint density at radius 1 is 0.344 bits per heavy atom. The summed E-state index contributed by atoms with van der Waals surface area (Å²) >= 11 is 0. The fourth-order valence-corrected chi connectivity index (χ4v) is 9.39. The molecule has 0 spiro atoms. The first-order chi connectivity index (χ1) is 30.3. The second-order valence-corrected chi connectivity index (χ2v) is 15.7. The Kier molecular flexibility index (Phi) is 8.17. The molecule has 0 N–H and O–H groups in total. The molecule has 286 valence electrons. The molecule has 2 heterocycles. The van der Waals surface area contributed by atoms with Crippen molar-refractivity contribution >= 4 is 71.6 Å². The number of furan rings is 1. The molecule has 12 rings (SSSR count). The van der Waals surface area contributed by atoms with Gasteiger partial charge in [0.05, 0.1) is 22.4 Å². The second kappa shape index (κ2) is 14.3. The average molecular weight is 779 g/mol. The molecule has 0 radical (unpaired) electrons. The standard InChI is InChI=1S/C58H38N2O/c1-2-17-40-36-43(35-34-39(40)16-1)47-23-3-8-29-53(47)59(45-21-14-19-42(38-45)48-27-15-28-52-51-26-7-12-33-57(51)61-58(48)52)44-20-13-18-41(37-44)46-22-4-9-30-54(46)60-55-31-10-5-24-49(55)50-25-6-11-32-56(50)60/h1-38H. The molecule has 0 unspecified atom stereocenters. The van der Waals surface area contributed by atoms with Crippen molar-refractivity contribution in [2.45, 2.75) is 0 Å². The lowest BCUT2D eigenvalue weighted by Crippen LogP contribution is -2.11. The summed E-state index contributed by atoms with van der Waals surface area (Å²) in [5.41, 5.74) is 15.2. The molecule has 0 bridgehead atoms. The van der Waals surface area contributed by atoms with Gasteiger partial charge in [0.15, 0.2) is 0 Å². The van der Waals surface area contributed by atoms with Crippen LogP contribution in [0.1, 0.15) is 0 Å². The van der Waals surface area contributed by atoms with Crippen molar-refractivity contribution in [2.75, 3.05) is 4.90 Å². The molecule has 0 fully saturated rings. The number of aromatic nitrogens is 1. The largest absolute Gasteiger partial charge is 0.455 e. The van der Waals surface area contributed by atoms with Gasteiger partial charge in [-0.2, -0.15) is 0 Å². The zero-order valence-electron chi connectivity index (χ0n) is 33.2. The molecular formula is C58H38N2O. The minimum atomic E-state index is 0.894. The Morgan fingerprint density at radius 3 is 1.66 bits per heavy atom. The first-order valence-corrected chi connectivity index (χ1v) is 20.8. The molecule has 61 heavy (non-hydrogen) atoms. The molecule has 2 aromatic heterocycles. The van der Waals surface area contributed by atoms with Gasteiger partial charge in [0.25, 0.3) is 0 Å². The molecule has 0 aliphatic carbocycles. The number of hydrogen-bond donors (Lipinski definition) is 0. The van der Waals surface area contributed by atoms with Gasteiger partial charge in [-0.1, -0.05) is 170 Å². The van der Waals surface area contributed by atoms with Crippen LogP contribution in [0.4, 0.5) is 17.1 Å². The summed E-state index contributed by atoms with van der Waals surface area (Å²) in [6, 6.07) is 83.0. The highest BCUT2D eigenvalue weighted by atomic mass is 16.3. The molecule has 3 heteroatoms. The summed E-state index contributed by atoms with van der Waals surface area (Å²) in [4.78, 5) is 2.42. The Balaban J connectivity index is 1.06. The Morgan fingerprint density at radius 2 is 0.885 bits per heavy atom. The van der Waals surface area contributed by atoms with E-state index < -0.39 is 0 Å². The molecule has 0 aliphatic heterocycles. The van der Waals surface area contributed by atoms with Crippen molar-refractivity contribution in [3.8, 4) is 39.1 Å². The van der Waals surface area contributed by atoms with Crippen LogP contribution in [0.15, 0.2) is 235 Å². The molecular weight excluding hydrogens is 741 g/mol. The van der Waals surface area contributed by atoms with E-state index in [4.69, 9.17) is 4.42 Å². The van der Waals surface area contributed by atoms with Crippen LogP contribution >= 0.6 is 0 Å². The van der Waals surface area contributed by atoms with Crippen molar-refractivity contribution in [3.63, 3.8) is 0 Å². The van der Waals surface area contributed by atoms with Crippen LogP contribution in [-0.4, -0.2) is 4.57 Å². The number of hydrogen-bond acceptors (Lipinski definition) is 2. The van der Waals surface area contributed by atoms with Gasteiger partial charge in [-0.05, 0) is 88.1 Å². The summed E-state index contributed by atoms with van der Waals surface area (Å²) in [5.74, 6) is 0. The first-order valence-electron chi connectivity index (χ1n) is 20.8. The molecule has 3 nitrogen and oxygen atoms in total. The summed E-state index contributed by atoms with van der Waals surface area (Å²) in [5, 5.41) is 7.17. The van der Waals surface area contributed by atoms with Crippen molar-refractivity contribution in [3.05, 3.63) is 231 Å². The summed E-state index contributed by atoms with van der Waals surface area (Å²) in [7, 11) is 0. The van der Waals surface area contributed by atoms with Gasteiger partial charge in [-0.3, -0.25) is 0 Å². The smallest absolute Gasteiger partial charge is 0.143 e. The molecule has 0 aliphatic rings. The molecule has 10 aromatic carbocycles. The average Bonchev–Trinajstić information content (AvgIpc) is 3.88. The molecule has 0 amide bonds. The molecule has 0 saturated heterocycles. The lowest BCUT2D eigenvalue weighted by molar-refractivity contribution is 0.670. The van der Waals surface area contributed by atoms with E-state index in [1.54, 1.807) is 0 Å². The lowest BCUT2D eigenvalue weighted by atomic mass is 9.97.